The molecule has 0 aliphatic carbocycles. The summed E-state index contributed by atoms with van der Waals surface area (Å²) in [6.07, 6.45) is 2.79. The Hall–Kier alpha value is -0.620. The summed E-state index contributed by atoms with van der Waals surface area (Å²) in [4.78, 5) is 11.8. The van der Waals surface area contributed by atoms with Gasteiger partial charge in [0.1, 0.15) is 0 Å². The summed E-state index contributed by atoms with van der Waals surface area (Å²) in [5.41, 5.74) is 7.74. The lowest BCUT2D eigenvalue weighted by Gasteiger charge is -2.13. The molecule has 0 aromatic heterocycles. The lowest BCUT2D eigenvalue weighted by molar-refractivity contribution is -0.117. The van der Waals surface area contributed by atoms with Crippen molar-refractivity contribution < 1.29 is 4.79 Å². The van der Waals surface area contributed by atoms with Gasteiger partial charge in [0, 0.05) is 9.26 Å². The quantitative estimate of drug-likeness (QED) is 0.806. The van der Waals surface area contributed by atoms with Crippen LogP contribution in [-0.2, 0) is 4.79 Å². The fraction of sp³-hybridized carbons (Fsp3) is 0.462. The summed E-state index contributed by atoms with van der Waals surface area (Å²) >= 11 is 2.23. The van der Waals surface area contributed by atoms with Gasteiger partial charge in [-0.1, -0.05) is 25.8 Å². The fourth-order valence-corrected chi connectivity index (χ4v) is 2.00. The second-order valence-electron chi connectivity index (χ2n) is 4.20. The van der Waals surface area contributed by atoms with Crippen LogP contribution in [-0.4, -0.2) is 11.9 Å². The summed E-state index contributed by atoms with van der Waals surface area (Å²) < 4.78 is 1.10. The number of carbonyl (C=O) groups is 1. The van der Waals surface area contributed by atoms with Crippen LogP contribution in [0.3, 0.4) is 0 Å². The number of aryl methyl sites for hydroxylation is 1. The predicted octanol–water partition coefficient (Wildman–Crippen LogP) is 3.06. The minimum Gasteiger partial charge on any atom is -0.324 e. The molecule has 17 heavy (non-hydrogen) atoms. The highest BCUT2D eigenvalue weighted by Crippen LogP contribution is 2.18. The van der Waals surface area contributed by atoms with Crippen molar-refractivity contribution in [3.63, 3.8) is 0 Å². The van der Waals surface area contributed by atoms with Gasteiger partial charge in [-0.15, -0.1) is 0 Å². The van der Waals surface area contributed by atoms with Crippen molar-refractivity contribution in [2.45, 2.75) is 39.2 Å². The summed E-state index contributed by atoms with van der Waals surface area (Å²) in [7, 11) is 0. The molecule has 1 atom stereocenters. The van der Waals surface area contributed by atoms with Gasteiger partial charge in [0.15, 0.2) is 0 Å². The lowest BCUT2D eigenvalue weighted by atomic mass is 10.1. The molecule has 3 nitrogen and oxygen atoms in total. The van der Waals surface area contributed by atoms with E-state index in [0.717, 1.165) is 34.1 Å². The molecule has 0 aliphatic heterocycles. The molecule has 0 saturated heterocycles. The third-order valence-electron chi connectivity index (χ3n) is 2.66. The highest BCUT2D eigenvalue weighted by Gasteiger charge is 2.13. The normalized spacial score (nSPS) is 12.2. The monoisotopic (exact) mass is 346 g/mol. The van der Waals surface area contributed by atoms with E-state index in [9.17, 15) is 4.79 Å². The number of benzene rings is 1. The molecular formula is C13H19IN2O. The Bertz CT molecular complexity index is 393. The minimum absolute atomic E-state index is 0.0939. The number of anilines is 1. The number of rotatable bonds is 5. The average molecular weight is 346 g/mol. The molecule has 0 fully saturated rings. The fourth-order valence-electron chi connectivity index (χ4n) is 1.51. The summed E-state index contributed by atoms with van der Waals surface area (Å²) in [6.45, 7) is 4.07. The molecule has 0 bridgehead atoms. The second kappa shape index (κ2) is 6.96. The summed E-state index contributed by atoms with van der Waals surface area (Å²) in [6, 6.07) is 5.56. The first-order chi connectivity index (χ1) is 8.04. The topological polar surface area (TPSA) is 55.1 Å². The minimum atomic E-state index is -0.410. The van der Waals surface area contributed by atoms with Crippen molar-refractivity contribution in [1.29, 1.82) is 0 Å². The van der Waals surface area contributed by atoms with E-state index in [2.05, 4.69) is 34.8 Å². The Morgan fingerprint density at radius 3 is 2.88 bits per heavy atom. The van der Waals surface area contributed by atoms with Gasteiger partial charge in [0.05, 0.1) is 6.04 Å². The zero-order valence-corrected chi connectivity index (χ0v) is 12.5. The third kappa shape index (κ3) is 4.63. The molecule has 1 amide bonds. The van der Waals surface area contributed by atoms with Crippen LogP contribution in [0.2, 0.25) is 0 Å². The van der Waals surface area contributed by atoms with Crippen LogP contribution < -0.4 is 11.1 Å². The molecule has 3 N–H and O–H groups in total. The van der Waals surface area contributed by atoms with Crippen LogP contribution in [0.15, 0.2) is 18.2 Å². The number of hydrogen-bond donors (Lipinski definition) is 2. The van der Waals surface area contributed by atoms with E-state index in [1.807, 2.05) is 25.1 Å². The predicted molar refractivity (Wildman–Crippen MR) is 80.0 cm³/mol. The van der Waals surface area contributed by atoms with E-state index in [-0.39, 0.29) is 5.91 Å². The van der Waals surface area contributed by atoms with Crippen LogP contribution in [0.5, 0.6) is 0 Å². The van der Waals surface area contributed by atoms with Crippen molar-refractivity contribution >= 4 is 34.2 Å². The van der Waals surface area contributed by atoms with E-state index in [4.69, 9.17) is 5.73 Å². The third-order valence-corrected chi connectivity index (χ3v) is 3.33. The number of nitrogens with two attached hydrogens (primary N) is 1. The second-order valence-corrected chi connectivity index (χ2v) is 5.44. The Morgan fingerprint density at radius 2 is 2.24 bits per heavy atom. The lowest BCUT2D eigenvalue weighted by Crippen LogP contribution is -2.35. The van der Waals surface area contributed by atoms with E-state index in [1.54, 1.807) is 0 Å². The summed E-state index contributed by atoms with van der Waals surface area (Å²) in [5, 5.41) is 2.89. The van der Waals surface area contributed by atoms with Gasteiger partial charge >= 0.3 is 0 Å². The van der Waals surface area contributed by atoms with Crippen molar-refractivity contribution in [2.75, 3.05) is 5.32 Å². The van der Waals surface area contributed by atoms with Gasteiger partial charge in [-0.3, -0.25) is 4.79 Å². The van der Waals surface area contributed by atoms with E-state index in [0.29, 0.717) is 0 Å². The SMILES string of the molecule is CCCCC(N)C(=O)Nc1cc(I)ccc1C. The highest BCUT2D eigenvalue weighted by atomic mass is 127. The van der Waals surface area contributed by atoms with Crippen LogP contribution in [0, 0.1) is 10.5 Å². The molecule has 94 valence electrons. The van der Waals surface area contributed by atoms with Gasteiger partial charge in [-0.25, -0.2) is 0 Å². The van der Waals surface area contributed by atoms with Crippen LogP contribution in [0.25, 0.3) is 0 Å². The molecule has 0 saturated carbocycles. The smallest absolute Gasteiger partial charge is 0.241 e. The van der Waals surface area contributed by atoms with Crippen LogP contribution in [0.1, 0.15) is 31.7 Å². The van der Waals surface area contributed by atoms with Gasteiger partial charge < -0.3 is 11.1 Å². The molecular weight excluding hydrogens is 327 g/mol. The molecule has 1 aromatic carbocycles. The first-order valence-electron chi connectivity index (χ1n) is 5.87. The number of nitrogens with one attached hydrogen (secondary N) is 1. The zero-order valence-electron chi connectivity index (χ0n) is 10.3. The maximum absolute atomic E-state index is 11.8. The highest BCUT2D eigenvalue weighted by molar-refractivity contribution is 14.1. The Morgan fingerprint density at radius 1 is 1.53 bits per heavy atom. The van der Waals surface area contributed by atoms with E-state index >= 15 is 0 Å². The first kappa shape index (κ1) is 14.4. The Kier molecular flexibility index (Phi) is 5.91. The maximum atomic E-state index is 11.8. The average Bonchev–Trinajstić information content (AvgIpc) is 2.30. The molecule has 1 unspecified atom stereocenters. The largest absolute Gasteiger partial charge is 0.324 e. The van der Waals surface area contributed by atoms with Crippen LogP contribution in [0.4, 0.5) is 5.69 Å². The van der Waals surface area contributed by atoms with Crippen molar-refractivity contribution in [2.24, 2.45) is 5.73 Å². The van der Waals surface area contributed by atoms with Gasteiger partial charge in [0.25, 0.3) is 0 Å². The van der Waals surface area contributed by atoms with Gasteiger partial charge in [-0.05, 0) is 53.6 Å². The van der Waals surface area contributed by atoms with Crippen molar-refractivity contribution in [3.8, 4) is 0 Å². The molecule has 0 spiro atoms. The van der Waals surface area contributed by atoms with Crippen molar-refractivity contribution in [1.82, 2.24) is 0 Å². The number of unbranched alkanes of at least 4 members (excludes halogenated alkanes) is 1. The molecule has 1 aromatic rings. The standard InChI is InChI=1S/C13H19IN2O/c1-3-4-5-11(15)13(17)16-12-8-10(14)7-6-9(12)2/h6-8,11H,3-5,15H2,1-2H3,(H,16,17). The molecule has 0 aliphatic rings. The van der Waals surface area contributed by atoms with E-state index < -0.39 is 6.04 Å². The van der Waals surface area contributed by atoms with Gasteiger partial charge in [0.2, 0.25) is 5.91 Å². The van der Waals surface area contributed by atoms with Gasteiger partial charge in [-0.2, -0.15) is 0 Å². The molecule has 0 heterocycles. The number of halogens is 1. The number of amides is 1. The molecule has 4 heteroatoms. The molecule has 0 radical (unpaired) electrons. The first-order valence-corrected chi connectivity index (χ1v) is 6.95. The summed E-state index contributed by atoms with van der Waals surface area (Å²) in [5.74, 6) is -0.0939. The van der Waals surface area contributed by atoms with E-state index in [1.165, 1.54) is 0 Å². The maximum Gasteiger partial charge on any atom is 0.241 e. The zero-order chi connectivity index (χ0) is 12.8. The molecule has 1 rings (SSSR count). The van der Waals surface area contributed by atoms with Crippen LogP contribution >= 0.6 is 22.6 Å². The number of hydrogen-bond acceptors (Lipinski definition) is 2. The van der Waals surface area contributed by atoms with Crippen molar-refractivity contribution in [3.05, 3.63) is 27.3 Å². The Labute approximate surface area is 116 Å². The number of carbonyl (C=O) groups excluding carboxylic acids is 1. The Balaban J connectivity index is 2.64.